The lowest BCUT2D eigenvalue weighted by atomic mass is 9.81. The monoisotopic (exact) mass is 560 g/mol. The molecular weight excluding hydrogens is 516 g/mol. The fourth-order valence-corrected chi connectivity index (χ4v) is 5.66. The van der Waals surface area contributed by atoms with Gasteiger partial charge in [0.05, 0.1) is 18.7 Å². The quantitative estimate of drug-likeness (QED) is 0.198. The summed E-state index contributed by atoms with van der Waals surface area (Å²) < 4.78 is 0. The second kappa shape index (κ2) is 15.4. The van der Waals surface area contributed by atoms with Gasteiger partial charge in [-0.1, -0.05) is 86.9 Å². The normalized spacial score (nSPS) is 19.6. The number of nitrogens with one attached hydrogen (secondary N) is 3. The zero-order chi connectivity index (χ0) is 29.8. The number of nitrogens with zero attached hydrogens (tertiary/aromatic N) is 1. The van der Waals surface area contributed by atoms with Gasteiger partial charge < -0.3 is 26.0 Å². The molecule has 5 atom stereocenters. The average Bonchev–Trinajstić information content (AvgIpc) is 3.29. The Labute approximate surface area is 244 Å². The number of hydrogen-bond donors (Lipinski definition) is 4. The smallest absolute Gasteiger partial charge is 0.249 e. The highest BCUT2D eigenvalue weighted by molar-refractivity contribution is 5.96. The molecule has 0 radical (unpaired) electrons. The molecular formula is C33H44N4O4. The summed E-state index contributed by atoms with van der Waals surface area (Å²) in [5.41, 5.74) is 0.980. The van der Waals surface area contributed by atoms with Crippen molar-refractivity contribution >= 4 is 17.7 Å². The molecule has 0 spiro atoms. The second-order valence-corrected chi connectivity index (χ2v) is 11.0. The van der Waals surface area contributed by atoms with E-state index < -0.39 is 23.7 Å². The number of benzene rings is 2. The molecule has 0 unspecified atom stereocenters. The van der Waals surface area contributed by atoms with Crippen LogP contribution in [0.5, 0.6) is 0 Å². The standard InChI is InChI=1S/C33H44N4O4/c1-5-20-34-23-30(39)28(22-27-15-11-8-12-16-27)35-31(40)29(18-17-26-13-9-7-10-14-26)37-21-19-33(32(37)41,24(3)6-2)36-25(4)38/h1,7-16,24,28-30,34,39H,6,17-23H2,2-4H3,(H,35,40)(H,36,38)/t24-,28-,29-,30+,33-/m0/s1. The molecule has 0 saturated carbocycles. The number of carbonyl (C=O) groups is 3. The Morgan fingerprint density at radius 3 is 2.32 bits per heavy atom. The predicted octanol–water partition coefficient (Wildman–Crippen LogP) is 2.45. The Morgan fingerprint density at radius 1 is 1.10 bits per heavy atom. The molecule has 3 amide bonds. The van der Waals surface area contributed by atoms with Crippen molar-refractivity contribution in [2.45, 2.75) is 76.6 Å². The summed E-state index contributed by atoms with van der Waals surface area (Å²) in [6.45, 7) is 6.24. The number of aliphatic hydroxyl groups excluding tert-OH is 1. The molecule has 8 heteroatoms. The van der Waals surface area contributed by atoms with Crippen LogP contribution in [0.4, 0.5) is 0 Å². The van der Waals surface area contributed by atoms with Gasteiger partial charge in [0.15, 0.2) is 0 Å². The molecule has 220 valence electrons. The summed E-state index contributed by atoms with van der Waals surface area (Å²) in [6, 6.07) is 18.1. The highest BCUT2D eigenvalue weighted by Gasteiger charge is 2.53. The molecule has 1 heterocycles. The van der Waals surface area contributed by atoms with Gasteiger partial charge in [0.1, 0.15) is 11.6 Å². The minimum absolute atomic E-state index is 0.100. The maximum absolute atomic E-state index is 14.1. The topological polar surface area (TPSA) is 111 Å². The Bertz CT molecular complexity index is 1180. The molecule has 0 aromatic heterocycles. The summed E-state index contributed by atoms with van der Waals surface area (Å²) in [5, 5.41) is 20.1. The molecule has 1 aliphatic rings. The number of likely N-dealkylation sites (tertiary alicyclic amines) is 1. The van der Waals surface area contributed by atoms with E-state index in [1.165, 1.54) is 6.92 Å². The van der Waals surface area contributed by atoms with Crippen molar-refractivity contribution in [3.63, 3.8) is 0 Å². The number of aryl methyl sites for hydroxylation is 1. The number of amides is 3. The van der Waals surface area contributed by atoms with Gasteiger partial charge in [-0.25, -0.2) is 0 Å². The maximum Gasteiger partial charge on any atom is 0.249 e. The molecule has 1 saturated heterocycles. The van der Waals surface area contributed by atoms with Gasteiger partial charge in [-0.2, -0.15) is 0 Å². The first-order chi connectivity index (χ1) is 19.7. The average molecular weight is 561 g/mol. The fraction of sp³-hybridized carbons (Fsp3) is 0.485. The molecule has 0 aliphatic carbocycles. The van der Waals surface area contributed by atoms with Crippen molar-refractivity contribution in [2.24, 2.45) is 5.92 Å². The lowest BCUT2D eigenvalue weighted by Gasteiger charge is -2.36. The van der Waals surface area contributed by atoms with E-state index in [-0.39, 0.29) is 30.2 Å². The van der Waals surface area contributed by atoms with Gasteiger partial charge in [0.2, 0.25) is 17.7 Å². The zero-order valence-electron chi connectivity index (χ0n) is 24.4. The summed E-state index contributed by atoms with van der Waals surface area (Å²) in [7, 11) is 0. The number of terminal acetylenes is 1. The molecule has 4 N–H and O–H groups in total. The van der Waals surface area contributed by atoms with Crippen LogP contribution in [0.1, 0.15) is 51.2 Å². The van der Waals surface area contributed by atoms with Crippen LogP contribution in [-0.4, -0.2) is 71.1 Å². The highest BCUT2D eigenvalue weighted by Crippen LogP contribution is 2.34. The van der Waals surface area contributed by atoms with Crippen molar-refractivity contribution < 1.29 is 19.5 Å². The molecule has 2 aromatic carbocycles. The first-order valence-corrected chi connectivity index (χ1v) is 14.5. The van der Waals surface area contributed by atoms with Gasteiger partial charge in [-0.15, -0.1) is 6.42 Å². The van der Waals surface area contributed by atoms with E-state index in [9.17, 15) is 19.5 Å². The number of aliphatic hydroxyl groups is 1. The third-order valence-corrected chi connectivity index (χ3v) is 8.14. The molecule has 1 aliphatic heterocycles. The molecule has 3 rings (SSSR count). The van der Waals surface area contributed by atoms with Crippen molar-refractivity contribution in [3.8, 4) is 12.3 Å². The van der Waals surface area contributed by atoms with E-state index in [1.807, 2.05) is 74.5 Å². The van der Waals surface area contributed by atoms with Crippen LogP contribution in [0.15, 0.2) is 60.7 Å². The lowest BCUT2D eigenvalue weighted by molar-refractivity contribution is -0.144. The van der Waals surface area contributed by atoms with Gasteiger partial charge in [0.25, 0.3) is 0 Å². The van der Waals surface area contributed by atoms with Crippen molar-refractivity contribution in [2.75, 3.05) is 19.6 Å². The van der Waals surface area contributed by atoms with E-state index in [0.29, 0.717) is 45.2 Å². The van der Waals surface area contributed by atoms with Crippen molar-refractivity contribution in [1.82, 2.24) is 20.9 Å². The SMILES string of the molecule is C#CCNC[C@@H](O)[C@H](Cc1ccccc1)NC(=O)[C@H](CCc1ccccc1)N1CC[C@](NC(C)=O)([C@@H](C)CC)C1=O. The molecule has 1 fully saturated rings. The summed E-state index contributed by atoms with van der Waals surface area (Å²) in [4.78, 5) is 41.9. The summed E-state index contributed by atoms with van der Waals surface area (Å²) in [6.07, 6.45) is 6.99. The zero-order valence-corrected chi connectivity index (χ0v) is 24.4. The Kier molecular flexibility index (Phi) is 11.9. The Hall–Kier alpha value is -3.67. The number of rotatable bonds is 15. The van der Waals surface area contributed by atoms with Crippen LogP contribution in [0.3, 0.4) is 0 Å². The van der Waals surface area contributed by atoms with Gasteiger partial charge in [0, 0.05) is 20.0 Å². The Morgan fingerprint density at radius 2 is 1.73 bits per heavy atom. The van der Waals surface area contributed by atoms with Crippen LogP contribution in [0.25, 0.3) is 0 Å². The first-order valence-electron chi connectivity index (χ1n) is 14.5. The van der Waals surface area contributed by atoms with Crippen LogP contribution in [-0.2, 0) is 27.2 Å². The largest absolute Gasteiger partial charge is 0.390 e. The highest BCUT2D eigenvalue weighted by atomic mass is 16.3. The van der Waals surface area contributed by atoms with Crippen LogP contribution in [0.2, 0.25) is 0 Å². The van der Waals surface area contributed by atoms with Gasteiger partial charge in [-0.3, -0.25) is 14.4 Å². The maximum atomic E-state index is 14.1. The van der Waals surface area contributed by atoms with E-state index in [0.717, 1.165) is 11.1 Å². The van der Waals surface area contributed by atoms with Crippen LogP contribution in [0, 0.1) is 18.3 Å². The van der Waals surface area contributed by atoms with Crippen LogP contribution < -0.4 is 16.0 Å². The van der Waals surface area contributed by atoms with E-state index in [2.05, 4.69) is 21.9 Å². The molecule has 41 heavy (non-hydrogen) atoms. The van der Waals surface area contributed by atoms with Gasteiger partial charge >= 0.3 is 0 Å². The Balaban J connectivity index is 1.89. The summed E-state index contributed by atoms with van der Waals surface area (Å²) in [5.74, 6) is 1.57. The lowest BCUT2D eigenvalue weighted by Crippen LogP contribution is -2.60. The fourth-order valence-electron chi connectivity index (χ4n) is 5.66. The molecule has 2 aromatic rings. The first kappa shape index (κ1) is 31.9. The van der Waals surface area contributed by atoms with E-state index in [4.69, 9.17) is 6.42 Å². The second-order valence-electron chi connectivity index (χ2n) is 11.0. The minimum atomic E-state index is -1.05. The minimum Gasteiger partial charge on any atom is -0.390 e. The van der Waals surface area contributed by atoms with Gasteiger partial charge in [-0.05, 0) is 42.7 Å². The van der Waals surface area contributed by atoms with Crippen LogP contribution >= 0.6 is 0 Å². The third kappa shape index (κ3) is 8.42. The van der Waals surface area contributed by atoms with E-state index in [1.54, 1.807) is 4.90 Å². The number of carbonyl (C=O) groups excluding carboxylic acids is 3. The molecule has 0 bridgehead atoms. The van der Waals surface area contributed by atoms with Crippen molar-refractivity contribution in [3.05, 3.63) is 71.8 Å². The van der Waals surface area contributed by atoms with E-state index >= 15 is 0 Å². The predicted molar refractivity (Wildman–Crippen MR) is 161 cm³/mol. The summed E-state index contributed by atoms with van der Waals surface area (Å²) >= 11 is 0. The number of hydrogen-bond acceptors (Lipinski definition) is 5. The third-order valence-electron chi connectivity index (χ3n) is 8.14. The van der Waals surface area contributed by atoms with Crippen molar-refractivity contribution in [1.29, 1.82) is 0 Å². The molecule has 8 nitrogen and oxygen atoms in total.